The Labute approximate surface area is 122 Å². The lowest BCUT2D eigenvalue weighted by Gasteiger charge is -1.95. The Morgan fingerprint density at radius 1 is 0.952 bits per heavy atom. The molecule has 0 aromatic heterocycles. The molecular formula is C14H16O6S. The number of benzene rings is 2. The number of aryl methyl sites for hydroxylation is 1. The molecule has 7 heteroatoms. The van der Waals surface area contributed by atoms with Crippen molar-refractivity contribution in [1.82, 2.24) is 0 Å². The van der Waals surface area contributed by atoms with E-state index in [0.717, 1.165) is 5.56 Å². The van der Waals surface area contributed by atoms with Crippen LogP contribution in [0.1, 0.15) is 15.9 Å². The number of hydrogen-bond acceptors (Lipinski definition) is 3. The third-order valence-corrected chi connectivity index (χ3v) is 3.21. The van der Waals surface area contributed by atoms with Crippen molar-refractivity contribution < 1.29 is 28.3 Å². The molecule has 4 N–H and O–H groups in total. The molecule has 2 aromatic rings. The second kappa shape index (κ2) is 8.15. The van der Waals surface area contributed by atoms with Gasteiger partial charge in [-0.05, 0) is 31.2 Å². The van der Waals surface area contributed by atoms with Crippen LogP contribution < -0.4 is 0 Å². The van der Waals surface area contributed by atoms with Crippen LogP contribution >= 0.6 is 0 Å². The first kappa shape index (κ1) is 18.8. The van der Waals surface area contributed by atoms with Gasteiger partial charge in [0.1, 0.15) is 0 Å². The van der Waals surface area contributed by atoms with Gasteiger partial charge in [-0.2, -0.15) is 8.42 Å². The predicted molar refractivity (Wildman–Crippen MR) is 78.0 cm³/mol. The lowest BCUT2D eigenvalue weighted by molar-refractivity contribution is 0.0697. The SMILES string of the molecule is Cc1ccc(S(=O)(=O)O)cc1.O.O=C(O)c1ccccc1. The van der Waals surface area contributed by atoms with E-state index in [9.17, 15) is 13.2 Å². The van der Waals surface area contributed by atoms with E-state index in [0.29, 0.717) is 5.56 Å². The summed E-state index contributed by atoms with van der Waals surface area (Å²) in [5.74, 6) is -0.879. The first-order valence-electron chi connectivity index (χ1n) is 5.63. The largest absolute Gasteiger partial charge is 0.478 e. The lowest BCUT2D eigenvalue weighted by Crippen LogP contribution is -1.96. The van der Waals surface area contributed by atoms with E-state index < -0.39 is 16.1 Å². The van der Waals surface area contributed by atoms with E-state index in [2.05, 4.69) is 0 Å². The fourth-order valence-corrected chi connectivity index (χ4v) is 1.77. The predicted octanol–water partition coefficient (Wildman–Crippen LogP) is 1.80. The average molecular weight is 312 g/mol. The molecule has 0 unspecified atom stereocenters. The summed E-state index contributed by atoms with van der Waals surface area (Å²) in [6.07, 6.45) is 0. The standard InChI is InChI=1S/C7H8O3S.C7H6O2.H2O/c1-6-2-4-7(5-3-6)11(8,9)10;8-7(9)6-4-2-1-3-5-6;/h2-5H,1H3,(H,8,9,10);1-5H,(H,8,9);1H2. The van der Waals surface area contributed by atoms with Gasteiger partial charge in [-0.25, -0.2) is 4.79 Å². The van der Waals surface area contributed by atoms with E-state index >= 15 is 0 Å². The van der Waals surface area contributed by atoms with Crippen molar-refractivity contribution in [3.63, 3.8) is 0 Å². The highest BCUT2D eigenvalue weighted by Gasteiger charge is 2.06. The number of carboxylic acid groups (broad SMARTS) is 1. The van der Waals surface area contributed by atoms with Crippen LogP contribution in [0, 0.1) is 6.92 Å². The van der Waals surface area contributed by atoms with Gasteiger partial charge in [-0.15, -0.1) is 0 Å². The first-order chi connectivity index (χ1) is 9.30. The van der Waals surface area contributed by atoms with E-state index in [1.807, 2.05) is 6.92 Å². The molecule has 0 spiro atoms. The van der Waals surface area contributed by atoms with Crippen LogP contribution in [0.2, 0.25) is 0 Å². The van der Waals surface area contributed by atoms with Gasteiger partial charge in [0.2, 0.25) is 0 Å². The Morgan fingerprint density at radius 3 is 1.76 bits per heavy atom. The molecule has 114 valence electrons. The van der Waals surface area contributed by atoms with Crippen molar-refractivity contribution in [2.45, 2.75) is 11.8 Å². The molecule has 0 saturated heterocycles. The van der Waals surface area contributed by atoms with Gasteiger partial charge in [0, 0.05) is 0 Å². The maximum atomic E-state index is 10.5. The fraction of sp³-hybridized carbons (Fsp3) is 0.0714. The summed E-state index contributed by atoms with van der Waals surface area (Å²) in [6.45, 7) is 1.84. The molecule has 2 rings (SSSR count). The second-order valence-corrected chi connectivity index (χ2v) is 5.38. The molecule has 6 nitrogen and oxygen atoms in total. The van der Waals surface area contributed by atoms with E-state index in [1.165, 1.54) is 12.1 Å². The van der Waals surface area contributed by atoms with Crippen molar-refractivity contribution in [2.24, 2.45) is 0 Å². The van der Waals surface area contributed by atoms with Crippen LogP contribution in [-0.4, -0.2) is 29.5 Å². The highest BCUT2D eigenvalue weighted by Crippen LogP contribution is 2.08. The van der Waals surface area contributed by atoms with Crippen LogP contribution in [-0.2, 0) is 10.1 Å². The summed E-state index contributed by atoms with van der Waals surface area (Å²) < 4.78 is 29.6. The molecule has 0 heterocycles. The Morgan fingerprint density at radius 2 is 1.43 bits per heavy atom. The van der Waals surface area contributed by atoms with Gasteiger partial charge in [0.05, 0.1) is 10.5 Å². The molecule has 0 atom stereocenters. The van der Waals surface area contributed by atoms with Crippen molar-refractivity contribution in [3.05, 3.63) is 65.7 Å². The molecule has 0 aliphatic heterocycles. The molecule has 0 fully saturated rings. The molecule has 0 bridgehead atoms. The number of carbonyl (C=O) groups is 1. The van der Waals surface area contributed by atoms with E-state index in [-0.39, 0.29) is 10.4 Å². The lowest BCUT2D eigenvalue weighted by atomic mass is 10.2. The van der Waals surface area contributed by atoms with Crippen molar-refractivity contribution >= 4 is 16.1 Å². The zero-order valence-electron chi connectivity index (χ0n) is 11.2. The maximum Gasteiger partial charge on any atom is 0.335 e. The quantitative estimate of drug-likeness (QED) is 0.818. The highest BCUT2D eigenvalue weighted by molar-refractivity contribution is 7.85. The molecule has 0 saturated carbocycles. The molecule has 0 aliphatic carbocycles. The third-order valence-electron chi connectivity index (χ3n) is 2.34. The van der Waals surface area contributed by atoms with Crippen LogP contribution in [0.3, 0.4) is 0 Å². The van der Waals surface area contributed by atoms with Gasteiger partial charge in [0.25, 0.3) is 10.1 Å². The summed E-state index contributed by atoms with van der Waals surface area (Å²) in [4.78, 5) is 10.1. The maximum absolute atomic E-state index is 10.5. The minimum atomic E-state index is -4.02. The van der Waals surface area contributed by atoms with Gasteiger partial charge in [-0.1, -0.05) is 35.9 Å². The Hall–Kier alpha value is -2.22. The van der Waals surface area contributed by atoms with E-state index in [1.54, 1.807) is 42.5 Å². The minimum absolute atomic E-state index is 0. The normalized spacial score (nSPS) is 9.81. The van der Waals surface area contributed by atoms with Crippen molar-refractivity contribution in [1.29, 1.82) is 0 Å². The van der Waals surface area contributed by atoms with Gasteiger partial charge >= 0.3 is 5.97 Å². The smallest absolute Gasteiger partial charge is 0.335 e. The van der Waals surface area contributed by atoms with Gasteiger partial charge < -0.3 is 10.6 Å². The fourth-order valence-electron chi connectivity index (χ4n) is 1.29. The number of rotatable bonds is 2. The molecule has 0 aliphatic rings. The van der Waals surface area contributed by atoms with Crippen LogP contribution in [0.25, 0.3) is 0 Å². The molecular weight excluding hydrogens is 296 g/mol. The average Bonchev–Trinajstić information content (AvgIpc) is 2.40. The van der Waals surface area contributed by atoms with Gasteiger partial charge in [0.15, 0.2) is 0 Å². The molecule has 0 amide bonds. The Bertz CT molecular complexity index is 662. The summed E-state index contributed by atoms with van der Waals surface area (Å²) in [6, 6.07) is 14.3. The molecule has 2 aromatic carbocycles. The van der Waals surface area contributed by atoms with Crippen LogP contribution in [0.4, 0.5) is 0 Å². The second-order valence-electron chi connectivity index (χ2n) is 3.96. The third kappa shape index (κ3) is 6.66. The van der Waals surface area contributed by atoms with Gasteiger partial charge in [-0.3, -0.25) is 4.55 Å². The topological polar surface area (TPSA) is 123 Å². The molecule has 21 heavy (non-hydrogen) atoms. The Balaban J connectivity index is 0.000000370. The number of aromatic carboxylic acids is 1. The van der Waals surface area contributed by atoms with Crippen molar-refractivity contribution in [3.8, 4) is 0 Å². The van der Waals surface area contributed by atoms with E-state index in [4.69, 9.17) is 9.66 Å². The number of hydrogen-bond donors (Lipinski definition) is 2. The zero-order valence-corrected chi connectivity index (χ0v) is 12.0. The Kier molecular flexibility index (Phi) is 7.29. The summed E-state index contributed by atoms with van der Waals surface area (Å²) in [5, 5.41) is 8.38. The zero-order chi connectivity index (χ0) is 15.2. The number of carboxylic acids is 1. The first-order valence-corrected chi connectivity index (χ1v) is 7.07. The summed E-state index contributed by atoms with van der Waals surface area (Å²) in [7, 11) is -4.02. The minimum Gasteiger partial charge on any atom is -0.478 e. The van der Waals surface area contributed by atoms with Crippen LogP contribution in [0.5, 0.6) is 0 Å². The van der Waals surface area contributed by atoms with Crippen LogP contribution in [0.15, 0.2) is 59.5 Å². The van der Waals surface area contributed by atoms with Crippen molar-refractivity contribution in [2.75, 3.05) is 0 Å². The monoisotopic (exact) mass is 312 g/mol. The molecule has 0 radical (unpaired) electrons. The summed E-state index contributed by atoms with van der Waals surface area (Å²) >= 11 is 0. The summed E-state index contributed by atoms with van der Waals surface area (Å²) in [5.41, 5.74) is 1.29. The highest BCUT2D eigenvalue weighted by atomic mass is 32.2.